The molecule has 0 aliphatic carbocycles. The van der Waals surface area contributed by atoms with E-state index in [9.17, 15) is 4.39 Å². The van der Waals surface area contributed by atoms with E-state index >= 15 is 0 Å². The number of rotatable bonds is 5. The SMILES string of the molecule is C=C(C)CNC(CN)c1cccc(Cl)c1F. The van der Waals surface area contributed by atoms with Gasteiger partial charge in [0, 0.05) is 24.7 Å². The molecular formula is C12H16ClFN2. The van der Waals surface area contributed by atoms with Crippen molar-refractivity contribution in [2.75, 3.05) is 13.1 Å². The molecule has 0 aliphatic heterocycles. The largest absolute Gasteiger partial charge is 0.329 e. The molecule has 0 bridgehead atoms. The van der Waals surface area contributed by atoms with Gasteiger partial charge in [0.15, 0.2) is 0 Å². The lowest BCUT2D eigenvalue weighted by molar-refractivity contribution is 0.523. The minimum Gasteiger partial charge on any atom is -0.329 e. The van der Waals surface area contributed by atoms with Crippen LogP contribution in [-0.2, 0) is 0 Å². The number of halogens is 2. The van der Waals surface area contributed by atoms with E-state index in [1.165, 1.54) is 6.07 Å². The van der Waals surface area contributed by atoms with Crippen LogP contribution in [0.1, 0.15) is 18.5 Å². The molecule has 1 aromatic carbocycles. The van der Waals surface area contributed by atoms with Gasteiger partial charge in [0.1, 0.15) is 5.82 Å². The average Bonchev–Trinajstić information content (AvgIpc) is 2.24. The number of hydrogen-bond acceptors (Lipinski definition) is 2. The highest BCUT2D eigenvalue weighted by Gasteiger charge is 2.15. The topological polar surface area (TPSA) is 38.0 Å². The van der Waals surface area contributed by atoms with Gasteiger partial charge < -0.3 is 11.1 Å². The third kappa shape index (κ3) is 3.30. The van der Waals surface area contributed by atoms with Crippen LogP contribution in [0.15, 0.2) is 30.4 Å². The molecule has 0 fully saturated rings. The summed E-state index contributed by atoms with van der Waals surface area (Å²) in [6, 6.07) is 4.68. The Labute approximate surface area is 100 Å². The number of nitrogens with one attached hydrogen (secondary N) is 1. The van der Waals surface area contributed by atoms with Crippen LogP contribution in [0.5, 0.6) is 0 Å². The van der Waals surface area contributed by atoms with Crippen LogP contribution < -0.4 is 11.1 Å². The summed E-state index contributed by atoms with van der Waals surface area (Å²) in [6.45, 7) is 6.58. The molecule has 0 saturated heterocycles. The number of hydrogen-bond donors (Lipinski definition) is 2. The minimum atomic E-state index is -0.408. The first-order valence-corrected chi connectivity index (χ1v) is 5.45. The third-order valence-electron chi connectivity index (χ3n) is 2.24. The van der Waals surface area contributed by atoms with Crippen LogP contribution in [0.2, 0.25) is 5.02 Å². The highest BCUT2D eigenvalue weighted by molar-refractivity contribution is 6.30. The van der Waals surface area contributed by atoms with Gasteiger partial charge in [0.25, 0.3) is 0 Å². The fourth-order valence-corrected chi connectivity index (χ4v) is 1.59. The van der Waals surface area contributed by atoms with E-state index in [2.05, 4.69) is 11.9 Å². The van der Waals surface area contributed by atoms with Gasteiger partial charge in [-0.2, -0.15) is 0 Å². The molecule has 16 heavy (non-hydrogen) atoms. The van der Waals surface area contributed by atoms with Crippen molar-refractivity contribution in [2.45, 2.75) is 13.0 Å². The standard InChI is InChI=1S/C12H16ClFN2/c1-8(2)7-16-11(6-15)9-4-3-5-10(13)12(9)14/h3-5,11,16H,1,6-7,15H2,2H3. The predicted octanol–water partition coefficient (Wildman–Crippen LogP) is 2.64. The predicted molar refractivity (Wildman–Crippen MR) is 66.0 cm³/mol. The summed E-state index contributed by atoms with van der Waals surface area (Å²) in [5.41, 5.74) is 7.08. The monoisotopic (exact) mass is 242 g/mol. The lowest BCUT2D eigenvalue weighted by Gasteiger charge is -2.18. The Balaban J connectivity index is 2.86. The van der Waals surface area contributed by atoms with Crippen molar-refractivity contribution in [3.05, 3.63) is 46.8 Å². The summed E-state index contributed by atoms with van der Waals surface area (Å²) in [5.74, 6) is -0.408. The van der Waals surface area contributed by atoms with Crippen LogP contribution in [-0.4, -0.2) is 13.1 Å². The van der Waals surface area contributed by atoms with Crippen LogP contribution >= 0.6 is 11.6 Å². The quantitative estimate of drug-likeness (QED) is 0.779. The maximum atomic E-state index is 13.7. The fourth-order valence-electron chi connectivity index (χ4n) is 1.41. The first-order chi connectivity index (χ1) is 7.56. The Morgan fingerprint density at radius 2 is 2.31 bits per heavy atom. The van der Waals surface area contributed by atoms with Gasteiger partial charge in [0.2, 0.25) is 0 Å². The van der Waals surface area contributed by atoms with Gasteiger partial charge >= 0.3 is 0 Å². The smallest absolute Gasteiger partial charge is 0.146 e. The lowest BCUT2D eigenvalue weighted by Crippen LogP contribution is -2.30. The fraction of sp³-hybridized carbons (Fsp3) is 0.333. The van der Waals surface area contributed by atoms with Crippen molar-refractivity contribution >= 4 is 11.6 Å². The highest BCUT2D eigenvalue weighted by Crippen LogP contribution is 2.22. The molecule has 0 aliphatic rings. The Hall–Kier alpha value is -0.900. The summed E-state index contributed by atoms with van der Waals surface area (Å²) in [5, 5.41) is 3.25. The van der Waals surface area contributed by atoms with Gasteiger partial charge in [-0.1, -0.05) is 35.9 Å². The highest BCUT2D eigenvalue weighted by atomic mass is 35.5. The maximum absolute atomic E-state index is 13.7. The molecule has 0 radical (unpaired) electrons. The molecule has 1 rings (SSSR count). The molecule has 88 valence electrons. The van der Waals surface area contributed by atoms with Crippen LogP contribution in [0.3, 0.4) is 0 Å². The molecule has 1 atom stereocenters. The summed E-state index contributed by atoms with van der Waals surface area (Å²) in [4.78, 5) is 0. The average molecular weight is 243 g/mol. The second kappa shape index (κ2) is 5.99. The molecule has 0 saturated carbocycles. The van der Waals surface area contributed by atoms with Crippen molar-refractivity contribution < 1.29 is 4.39 Å². The molecule has 0 heterocycles. The van der Waals surface area contributed by atoms with Gasteiger partial charge in [-0.05, 0) is 13.0 Å². The van der Waals surface area contributed by atoms with Crippen molar-refractivity contribution in [1.82, 2.24) is 5.32 Å². The molecule has 0 aromatic heterocycles. The third-order valence-corrected chi connectivity index (χ3v) is 2.53. The van der Waals surface area contributed by atoms with E-state index in [0.717, 1.165) is 5.57 Å². The number of nitrogens with two attached hydrogens (primary N) is 1. The molecule has 0 amide bonds. The summed E-state index contributed by atoms with van der Waals surface area (Å²) < 4.78 is 13.7. The van der Waals surface area contributed by atoms with E-state index in [1.807, 2.05) is 6.92 Å². The van der Waals surface area contributed by atoms with Crippen molar-refractivity contribution in [3.63, 3.8) is 0 Å². The van der Waals surface area contributed by atoms with E-state index < -0.39 is 5.82 Å². The van der Waals surface area contributed by atoms with Crippen LogP contribution in [0.25, 0.3) is 0 Å². The van der Waals surface area contributed by atoms with Gasteiger partial charge in [-0.25, -0.2) is 4.39 Å². The zero-order valence-corrected chi connectivity index (χ0v) is 10.0. The zero-order valence-electron chi connectivity index (χ0n) is 9.26. The Bertz CT molecular complexity index is 379. The summed E-state index contributed by atoms with van der Waals surface area (Å²) >= 11 is 5.72. The molecule has 1 aromatic rings. The second-order valence-electron chi connectivity index (χ2n) is 3.77. The molecule has 0 spiro atoms. The van der Waals surface area contributed by atoms with E-state index in [4.69, 9.17) is 17.3 Å². The van der Waals surface area contributed by atoms with E-state index in [-0.39, 0.29) is 11.1 Å². The van der Waals surface area contributed by atoms with Crippen LogP contribution in [0.4, 0.5) is 4.39 Å². The first kappa shape index (κ1) is 13.2. The van der Waals surface area contributed by atoms with Crippen LogP contribution in [0, 0.1) is 5.82 Å². The summed E-state index contributed by atoms with van der Waals surface area (Å²) in [7, 11) is 0. The van der Waals surface area contributed by atoms with Gasteiger partial charge in [0.05, 0.1) is 5.02 Å². The molecule has 4 heteroatoms. The van der Waals surface area contributed by atoms with Crippen molar-refractivity contribution in [3.8, 4) is 0 Å². The minimum absolute atomic E-state index is 0.119. The first-order valence-electron chi connectivity index (χ1n) is 5.08. The maximum Gasteiger partial charge on any atom is 0.146 e. The van der Waals surface area contributed by atoms with E-state index in [0.29, 0.717) is 18.7 Å². The molecule has 1 unspecified atom stereocenters. The van der Waals surface area contributed by atoms with Crippen molar-refractivity contribution in [2.24, 2.45) is 5.73 Å². The van der Waals surface area contributed by atoms with Crippen molar-refractivity contribution in [1.29, 1.82) is 0 Å². The Kier molecular flexibility index (Phi) is 4.93. The zero-order chi connectivity index (χ0) is 12.1. The normalized spacial score (nSPS) is 12.5. The van der Waals surface area contributed by atoms with Gasteiger partial charge in [-0.3, -0.25) is 0 Å². The summed E-state index contributed by atoms with van der Waals surface area (Å²) in [6.07, 6.45) is 0. The van der Waals surface area contributed by atoms with E-state index in [1.54, 1.807) is 12.1 Å². The lowest BCUT2D eigenvalue weighted by atomic mass is 10.1. The van der Waals surface area contributed by atoms with Gasteiger partial charge in [-0.15, -0.1) is 0 Å². The Morgan fingerprint density at radius 1 is 1.62 bits per heavy atom. The molecule has 3 N–H and O–H groups in total. The molecular weight excluding hydrogens is 227 g/mol. The number of benzene rings is 1. The second-order valence-corrected chi connectivity index (χ2v) is 4.18. The molecule has 2 nitrogen and oxygen atoms in total. The Morgan fingerprint density at radius 3 is 2.88 bits per heavy atom.